The van der Waals surface area contributed by atoms with E-state index in [-0.39, 0.29) is 23.6 Å². The SMILES string of the molecule is CNC(=O)Nc1cc(F)c(COc2ccc(ONF)cc2)c(F)c1. The summed E-state index contributed by atoms with van der Waals surface area (Å²) in [5, 5.41) is 4.54. The van der Waals surface area contributed by atoms with E-state index >= 15 is 0 Å². The van der Waals surface area contributed by atoms with Gasteiger partial charge in [0.05, 0.1) is 5.56 Å². The fraction of sp³-hybridized carbons (Fsp3) is 0.133. The summed E-state index contributed by atoms with van der Waals surface area (Å²) in [7, 11) is 1.38. The van der Waals surface area contributed by atoms with Crippen LogP contribution in [0.25, 0.3) is 0 Å². The number of amides is 2. The molecule has 0 aliphatic rings. The molecule has 6 nitrogen and oxygen atoms in total. The summed E-state index contributed by atoms with van der Waals surface area (Å²) in [6, 6.07) is 7.09. The molecule has 2 amide bonds. The normalized spacial score (nSPS) is 10.2. The largest absolute Gasteiger partial charge is 0.489 e. The lowest BCUT2D eigenvalue weighted by atomic mass is 10.2. The number of carbonyl (C=O) groups is 1. The van der Waals surface area contributed by atoms with Gasteiger partial charge in [-0.05, 0) is 36.4 Å². The third-order valence-corrected chi connectivity index (χ3v) is 2.99. The van der Waals surface area contributed by atoms with Crippen LogP contribution in [0, 0.1) is 11.6 Å². The van der Waals surface area contributed by atoms with Gasteiger partial charge in [0.25, 0.3) is 0 Å². The lowest BCUT2D eigenvalue weighted by Gasteiger charge is -2.11. The molecule has 128 valence electrons. The van der Waals surface area contributed by atoms with E-state index in [9.17, 15) is 18.1 Å². The summed E-state index contributed by atoms with van der Waals surface area (Å²) in [6.07, 6.45) is 0. The van der Waals surface area contributed by atoms with Crippen LogP contribution < -0.4 is 25.9 Å². The molecule has 0 atom stereocenters. The van der Waals surface area contributed by atoms with Gasteiger partial charge < -0.3 is 20.2 Å². The summed E-state index contributed by atoms with van der Waals surface area (Å²) >= 11 is 0. The number of benzene rings is 2. The zero-order valence-electron chi connectivity index (χ0n) is 12.5. The second-order valence-corrected chi connectivity index (χ2v) is 4.56. The Morgan fingerprint density at radius 3 is 2.21 bits per heavy atom. The Labute approximate surface area is 135 Å². The Kier molecular flexibility index (Phi) is 5.85. The second-order valence-electron chi connectivity index (χ2n) is 4.56. The van der Waals surface area contributed by atoms with E-state index in [0.717, 1.165) is 17.8 Å². The lowest BCUT2D eigenvalue weighted by Crippen LogP contribution is -2.24. The molecule has 0 radical (unpaired) electrons. The zero-order chi connectivity index (χ0) is 17.5. The van der Waals surface area contributed by atoms with Gasteiger partial charge in [-0.2, -0.15) is 0 Å². The van der Waals surface area contributed by atoms with Crippen molar-refractivity contribution in [3.8, 4) is 11.5 Å². The molecular weight excluding hydrogens is 327 g/mol. The molecular formula is C15H14F3N3O3. The van der Waals surface area contributed by atoms with Crippen LogP contribution in [0.5, 0.6) is 11.5 Å². The van der Waals surface area contributed by atoms with Gasteiger partial charge in [-0.3, -0.25) is 0 Å². The van der Waals surface area contributed by atoms with Crippen molar-refractivity contribution in [1.29, 1.82) is 0 Å². The van der Waals surface area contributed by atoms with Crippen LogP contribution in [0.4, 0.5) is 23.7 Å². The smallest absolute Gasteiger partial charge is 0.318 e. The molecule has 0 saturated heterocycles. The summed E-state index contributed by atoms with van der Waals surface area (Å²) in [6.45, 7) is -0.362. The van der Waals surface area contributed by atoms with Crippen molar-refractivity contribution in [2.45, 2.75) is 6.61 Å². The van der Waals surface area contributed by atoms with Crippen molar-refractivity contribution in [3.63, 3.8) is 0 Å². The van der Waals surface area contributed by atoms with E-state index in [0.29, 0.717) is 5.75 Å². The molecule has 3 N–H and O–H groups in total. The first-order valence-electron chi connectivity index (χ1n) is 6.75. The number of halogens is 3. The van der Waals surface area contributed by atoms with Crippen LogP contribution in [0.3, 0.4) is 0 Å². The van der Waals surface area contributed by atoms with E-state index < -0.39 is 17.7 Å². The number of ether oxygens (including phenoxy) is 1. The van der Waals surface area contributed by atoms with Crippen molar-refractivity contribution < 1.29 is 27.6 Å². The highest BCUT2D eigenvalue weighted by Crippen LogP contribution is 2.22. The van der Waals surface area contributed by atoms with Crippen molar-refractivity contribution in [3.05, 3.63) is 53.6 Å². The van der Waals surface area contributed by atoms with Crippen LogP contribution >= 0.6 is 0 Å². The van der Waals surface area contributed by atoms with E-state index in [4.69, 9.17) is 4.74 Å². The number of carbonyl (C=O) groups excluding carboxylic acids is 1. The fourth-order valence-electron chi connectivity index (χ4n) is 1.81. The maximum Gasteiger partial charge on any atom is 0.318 e. The standard InChI is InChI=1S/C15H14F3N3O3/c1-19-15(22)20-9-6-13(16)12(14(17)7-9)8-23-10-2-4-11(5-3-10)24-21-18/h2-7,21H,8H2,1H3,(H2,19,20,22). The highest BCUT2D eigenvalue weighted by atomic mass is 19.2. The van der Waals surface area contributed by atoms with E-state index in [1.165, 1.54) is 31.3 Å². The van der Waals surface area contributed by atoms with Gasteiger partial charge in [0, 0.05) is 18.4 Å². The van der Waals surface area contributed by atoms with Crippen LogP contribution in [-0.4, -0.2) is 13.1 Å². The molecule has 2 rings (SSSR count). The summed E-state index contributed by atoms with van der Waals surface area (Å²) in [4.78, 5) is 15.5. The Bertz CT molecular complexity index is 688. The van der Waals surface area contributed by atoms with Gasteiger partial charge in [0.15, 0.2) is 5.75 Å². The summed E-state index contributed by atoms with van der Waals surface area (Å²) in [5.74, 6) is -1.20. The Hall–Kier alpha value is -2.94. The molecule has 0 saturated carbocycles. The highest BCUT2D eigenvalue weighted by Gasteiger charge is 2.13. The van der Waals surface area contributed by atoms with Gasteiger partial charge in [-0.1, -0.05) is 4.48 Å². The maximum atomic E-state index is 14.0. The van der Waals surface area contributed by atoms with Gasteiger partial charge in [-0.15, -0.1) is 0 Å². The summed E-state index contributed by atoms with van der Waals surface area (Å²) < 4.78 is 45.0. The molecule has 0 aromatic heterocycles. The first-order chi connectivity index (χ1) is 11.5. The van der Waals surface area contributed by atoms with Gasteiger partial charge in [-0.25, -0.2) is 13.6 Å². The monoisotopic (exact) mass is 341 g/mol. The molecule has 0 fully saturated rings. The average molecular weight is 341 g/mol. The molecule has 9 heteroatoms. The third kappa shape index (κ3) is 4.53. The molecule has 0 aliphatic heterocycles. The van der Waals surface area contributed by atoms with Crippen LogP contribution in [0.2, 0.25) is 0 Å². The molecule has 2 aromatic carbocycles. The predicted octanol–water partition coefficient (Wildman–Crippen LogP) is 3.06. The molecule has 0 heterocycles. The van der Waals surface area contributed by atoms with Gasteiger partial charge in [0.2, 0.25) is 0 Å². The minimum Gasteiger partial charge on any atom is -0.489 e. The average Bonchev–Trinajstić information content (AvgIpc) is 2.55. The summed E-state index contributed by atoms with van der Waals surface area (Å²) in [5.41, 5.74) is 0.716. The number of nitrogens with one attached hydrogen (secondary N) is 3. The van der Waals surface area contributed by atoms with Crippen LogP contribution in [-0.2, 0) is 6.61 Å². The number of rotatable bonds is 6. The quantitative estimate of drug-likeness (QED) is 0.558. The maximum absolute atomic E-state index is 14.0. The van der Waals surface area contributed by atoms with Crippen LogP contribution in [0.15, 0.2) is 36.4 Å². The van der Waals surface area contributed by atoms with E-state index in [2.05, 4.69) is 15.5 Å². The zero-order valence-corrected chi connectivity index (χ0v) is 12.5. The molecule has 2 aromatic rings. The first-order valence-corrected chi connectivity index (χ1v) is 6.75. The Balaban J connectivity index is 2.05. The van der Waals surface area contributed by atoms with Crippen molar-refractivity contribution in [1.82, 2.24) is 11.0 Å². The highest BCUT2D eigenvalue weighted by molar-refractivity contribution is 5.89. The lowest BCUT2D eigenvalue weighted by molar-refractivity contribution is 0.0450. The number of anilines is 1. The van der Waals surface area contributed by atoms with Crippen LogP contribution in [0.1, 0.15) is 5.56 Å². The predicted molar refractivity (Wildman–Crippen MR) is 80.1 cm³/mol. The van der Waals surface area contributed by atoms with E-state index in [1.807, 2.05) is 0 Å². The Morgan fingerprint density at radius 1 is 1.08 bits per heavy atom. The molecule has 24 heavy (non-hydrogen) atoms. The number of hydrogen-bond acceptors (Lipinski definition) is 4. The van der Waals surface area contributed by atoms with Crippen molar-refractivity contribution in [2.75, 3.05) is 12.4 Å². The molecule has 0 unspecified atom stereocenters. The minimum atomic E-state index is -0.858. The molecule has 0 bridgehead atoms. The van der Waals surface area contributed by atoms with Crippen molar-refractivity contribution >= 4 is 11.7 Å². The minimum absolute atomic E-state index is 0.0201. The first kappa shape index (κ1) is 17.4. The van der Waals surface area contributed by atoms with Crippen molar-refractivity contribution in [2.24, 2.45) is 0 Å². The second kappa shape index (κ2) is 8.06. The van der Waals surface area contributed by atoms with Gasteiger partial charge in [0.1, 0.15) is 24.0 Å². The third-order valence-electron chi connectivity index (χ3n) is 2.99. The van der Waals surface area contributed by atoms with E-state index in [1.54, 1.807) is 0 Å². The number of hydrogen-bond donors (Lipinski definition) is 3. The fourth-order valence-corrected chi connectivity index (χ4v) is 1.81. The molecule has 0 aliphatic carbocycles. The molecule has 0 spiro atoms. The number of urea groups is 1. The van der Waals surface area contributed by atoms with Gasteiger partial charge >= 0.3 is 6.03 Å². The topological polar surface area (TPSA) is 71.6 Å². The Morgan fingerprint density at radius 2 is 1.67 bits per heavy atom.